The molecule has 0 radical (unpaired) electrons. The summed E-state index contributed by atoms with van der Waals surface area (Å²) in [7, 11) is 1.39. The normalized spacial score (nSPS) is 3.40. The molecule has 0 heterocycles. The molecular weight excluding hydrogens is 160 g/mol. The molecule has 0 aliphatic carbocycles. The fourth-order valence-corrected chi connectivity index (χ4v) is 0. The summed E-state index contributed by atoms with van der Waals surface area (Å²) in [6, 6.07) is 0. The Morgan fingerprint density at radius 1 is 1.80 bits per heavy atom. The molecule has 0 aromatic carbocycles. The van der Waals surface area contributed by atoms with E-state index in [9.17, 15) is 0 Å². The van der Waals surface area contributed by atoms with Gasteiger partial charge in [-0.2, -0.15) is 0 Å². The molecule has 0 fully saturated rings. The van der Waals surface area contributed by atoms with E-state index in [2.05, 4.69) is 10.0 Å². The Kier molecular flexibility index (Phi) is 16.0. The summed E-state index contributed by atoms with van der Waals surface area (Å²) in [5.74, 6) is 0. The quantitative estimate of drug-likeness (QED) is 0.221. The number of hydrogen-bond donors (Lipinski definition) is 0. The third-order valence-corrected chi connectivity index (χ3v) is 0.0894. The topological polar surface area (TPSA) is 48.8 Å². The predicted octanol–water partition coefficient (Wildman–Crippen LogP) is 0.924. The molecule has 4 heteroatoms. The minimum Gasteiger partial charge on any atom is -0.0973 e. The van der Waals surface area contributed by atoms with Crippen molar-refractivity contribution in [3.05, 3.63) is 10.4 Å². The Hall–Kier alpha value is -0.0277. The van der Waals surface area contributed by atoms with E-state index in [-0.39, 0.29) is 20.4 Å². The molecule has 0 saturated carbocycles. The second-order valence-corrected chi connectivity index (χ2v) is 0.289. The van der Waals surface area contributed by atoms with Crippen LogP contribution in [0.25, 0.3) is 10.4 Å². The molecule has 0 aromatic heterocycles. The van der Waals surface area contributed by atoms with Crippen LogP contribution in [0.2, 0.25) is 0 Å². The largest absolute Gasteiger partial charge is 0.0973 e. The molecule has 0 saturated heterocycles. The van der Waals surface area contributed by atoms with Crippen LogP contribution in [0.15, 0.2) is 5.11 Å². The van der Waals surface area contributed by atoms with Crippen LogP contribution in [0.1, 0.15) is 0 Å². The number of hydrogen-bond acceptors (Lipinski definition) is 1. The van der Waals surface area contributed by atoms with Gasteiger partial charge in [-0.1, -0.05) is 5.11 Å². The molecule has 0 bridgehead atoms. The molecule has 5 heavy (non-hydrogen) atoms. The van der Waals surface area contributed by atoms with Gasteiger partial charge < -0.3 is 0 Å². The first-order chi connectivity index (χ1) is 1.91. The van der Waals surface area contributed by atoms with Crippen LogP contribution in [0.3, 0.4) is 0 Å². The van der Waals surface area contributed by atoms with Crippen molar-refractivity contribution in [2.75, 3.05) is 7.05 Å². The monoisotopic (exact) mass is 163 g/mol. The Morgan fingerprint density at radius 2 is 2.00 bits per heavy atom. The van der Waals surface area contributed by atoms with Gasteiger partial charge in [0.1, 0.15) is 0 Å². The molecule has 3 nitrogen and oxygen atoms in total. The fraction of sp³-hybridized carbons (Fsp3) is 1.00. The molecule has 0 N–H and O–H groups in total. The van der Waals surface area contributed by atoms with Gasteiger partial charge in [0.2, 0.25) is 0 Å². The Bertz CT molecular complexity index is 44.9. The first kappa shape index (κ1) is 8.88. The SMILES string of the molecule is CN=[N+]=[N-].[Pd]. The van der Waals surface area contributed by atoms with Crippen LogP contribution in [0.4, 0.5) is 0 Å². The Balaban J connectivity index is 0. The van der Waals surface area contributed by atoms with Gasteiger partial charge in [-0.05, 0) is 5.53 Å². The molecule has 0 aliphatic rings. The maximum atomic E-state index is 7.33. The van der Waals surface area contributed by atoms with Gasteiger partial charge in [-0.25, -0.2) is 0 Å². The summed E-state index contributed by atoms with van der Waals surface area (Å²) in [6.45, 7) is 0. The van der Waals surface area contributed by atoms with E-state index >= 15 is 0 Å². The molecule has 0 rings (SSSR count). The van der Waals surface area contributed by atoms with Crippen molar-refractivity contribution in [2.24, 2.45) is 5.11 Å². The summed E-state index contributed by atoms with van der Waals surface area (Å²) >= 11 is 0. The molecular formula is CH3N3Pd. The van der Waals surface area contributed by atoms with Gasteiger partial charge in [0.05, 0.1) is 0 Å². The zero-order chi connectivity index (χ0) is 3.41. The van der Waals surface area contributed by atoms with E-state index in [1.807, 2.05) is 0 Å². The smallest absolute Gasteiger partial charge is 0.0139 e. The molecule has 0 amide bonds. The average molecular weight is 163 g/mol. The third-order valence-electron chi connectivity index (χ3n) is 0.0894. The van der Waals surface area contributed by atoms with Crippen molar-refractivity contribution in [3.63, 3.8) is 0 Å². The van der Waals surface area contributed by atoms with Crippen molar-refractivity contribution < 1.29 is 20.4 Å². The standard InChI is InChI=1S/CH3N3.Pd/c1-3-4-2;/h1H3;. The molecule has 0 spiro atoms. The maximum absolute atomic E-state index is 7.33. The number of rotatable bonds is 0. The summed E-state index contributed by atoms with van der Waals surface area (Å²) in [5, 5.41) is 2.92. The van der Waals surface area contributed by atoms with Crippen LogP contribution in [-0.2, 0) is 20.4 Å². The zero-order valence-corrected chi connectivity index (χ0v) is 4.21. The van der Waals surface area contributed by atoms with Gasteiger partial charge in [-0.15, -0.1) is 0 Å². The minimum atomic E-state index is 0. The molecule has 32 valence electrons. The van der Waals surface area contributed by atoms with Crippen molar-refractivity contribution in [3.8, 4) is 0 Å². The second kappa shape index (κ2) is 9.02. The Morgan fingerprint density at radius 3 is 2.00 bits per heavy atom. The van der Waals surface area contributed by atoms with Crippen molar-refractivity contribution in [1.82, 2.24) is 0 Å². The van der Waals surface area contributed by atoms with Crippen LogP contribution < -0.4 is 0 Å². The van der Waals surface area contributed by atoms with Crippen molar-refractivity contribution in [2.45, 2.75) is 0 Å². The fourth-order valence-electron chi connectivity index (χ4n) is 0. The summed E-state index contributed by atoms with van der Waals surface area (Å²) in [5.41, 5.74) is 7.33. The van der Waals surface area contributed by atoms with Gasteiger partial charge in [-0.3, -0.25) is 0 Å². The summed E-state index contributed by atoms with van der Waals surface area (Å²) < 4.78 is 0. The van der Waals surface area contributed by atoms with Gasteiger partial charge >= 0.3 is 0 Å². The minimum absolute atomic E-state index is 0. The van der Waals surface area contributed by atoms with Crippen LogP contribution in [-0.4, -0.2) is 7.05 Å². The van der Waals surface area contributed by atoms with E-state index < -0.39 is 0 Å². The van der Waals surface area contributed by atoms with E-state index in [1.165, 1.54) is 7.05 Å². The average Bonchev–Trinajstić information content (AvgIpc) is 1.37. The Labute approximate surface area is 43.7 Å². The third kappa shape index (κ3) is 16.3. The van der Waals surface area contributed by atoms with E-state index in [1.54, 1.807) is 0 Å². The molecule has 0 unspecified atom stereocenters. The van der Waals surface area contributed by atoms with Crippen molar-refractivity contribution >= 4 is 0 Å². The number of nitrogens with zero attached hydrogens (tertiary/aromatic N) is 3. The van der Waals surface area contributed by atoms with Gasteiger partial charge in [0.25, 0.3) is 0 Å². The first-order valence-electron chi connectivity index (χ1n) is 0.847. The van der Waals surface area contributed by atoms with Crippen LogP contribution in [0, 0.1) is 0 Å². The first-order valence-corrected chi connectivity index (χ1v) is 0.847. The summed E-state index contributed by atoms with van der Waals surface area (Å²) in [6.07, 6.45) is 0. The van der Waals surface area contributed by atoms with Gasteiger partial charge in [0.15, 0.2) is 0 Å². The molecule has 0 aliphatic heterocycles. The van der Waals surface area contributed by atoms with Crippen LogP contribution >= 0.6 is 0 Å². The predicted molar refractivity (Wildman–Crippen MR) is 15.1 cm³/mol. The molecule has 0 atom stereocenters. The van der Waals surface area contributed by atoms with E-state index in [0.29, 0.717) is 0 Å². The second-order valence-electron chi connectivity index (χ2n) is 0.289. The van der Waals surface area contributed by atoms with Crippen LogP contribution in [0.5, 0.6) is 0 Å². The van der Waals surface area contributed by atoms with E-state index in [4.69, 9.17) is 5.53 Å². The maximum Gasteiger partial charge on any atom is 0.0139 e. The van der Waals surface area contributed by atoms with E-state index in [0.717, 1.165) is 0 Å². The number of azide groups is 1. The van der Waals surface area contributed by atoms with Gasteiger partial charge in [0, 0.05) is 32.4 Å². The molecule has 0 aromatic rings. The van der Waals surface area contributed by atoms with Crippen molar-refractivity contribution in [1.29, 1.82) is 0 Å². The zero-order valence-electron chi connectivity index (χ0n) is 2.66. The summed E-state index contributed by atoms with van der Waals surface area (Å²) in [4.78, 5) is 2.36.